The van der Waals surface area contributed by atoms with Gasteiger partial charge in [-0.15, -0.1) is 0 Å². The summed E-state index contributed by atoms with van der Waals surface area (Å²) in [5, 5.41) is 7.14. The fourth-order valence-corrected chi connectivity index (χ4v) is 4.25. The van der Waals surface area contributed by atoms with Crippen LogP contribution in [-0.2, 0) is 19.0 Å². The van der Waals surface area contributed by atoms with Crippen LogP contribution < -0.4 is 5.32 Å². The number of nitrogens with one attached hydrogen (secondary N) is 1. The van der Waals surface area contributed by atoms with Gasteiger partial charge in [0.2, 0.25) is 0 Å². The number of halogens is 2. The van der Waals surface area contributed by atoms with Crippen LogP contribution in [0.4, 0.5) is 8.78 Å². The number of morpholine rings is 1. The highest BCUT2D eigenvalue weighted by Gasteiger charge is 2.42. The number of hydrogen-bond donors (Lipinski definition) is 1. The average Bonchev–Trinajstić information content (AvgIpc) is 3.09. The zero-order chi connectivity index (χ0) is 22.4. The normalized spacial score (nSPS) is 24.7. The van der Waals surface area contributed by atoms with E-state index in [1.54, 1.807) is 26.0 Å². The lowest BCUT2D eigenvalue weighted by Gasteiger charge is -2.42. The minimum absolute atomic E-state index is 0.0660. The summed E-state index contributed by atoms with van der Waals surface area (Å²) >= 11 is 0. The molecule has 1 fully saturated rings. The summed E-state index contributed by atoms with van der Waals surface area (Å²) in [7, 11) is -3.72. The number of imidazole rings is 1. The van der Waals surface area contributed by atoms with Crippen LogP contribution >= 0.6 is 0 Å². The van der Waals surface area contributed by atoms with Crippen molar-refractivity contribution in [3.8, 4) is 11.4 Å². The van der Waals surface area contributed by atoms with E-state index in [1.807, 2.05) is 0 Å². The monoisotopic (exact) mass is 454 g/mol. The maximum absolute atomic E-state index is 13.6. The predicted molar refractivity (Wildman–Crippen MR) is 105 cm³/mol. The molecule has 0 aromatic carbocycles. The third-order valence-electron chi connectivity index (χ3n) is 4.99. The summed E-state index contributed by atoms with van der Waals surface area (Å²) in [5.41, 5.74) is -0.718. The van der Waals surface area contributed by atoms with Gasteiger partial charge >= 0.3 is 0 Å². The van der Waals surface area contributed by atoms with E-state index in [-0.39, 0.29) is 23.6 Å². The molecular formula is C18H20F2N6O4S. The highest BCUT2D eigenvalue weighted by Crippen LogP contribution is 2.33. The summed E-state index contributed by atoms with van der Waals surface area (Å²) in [6, 6.07) is 4.71. The molecule has 10 nitrogen and oxygen atoms in total. The Bertz CT molecular complexity index is 1220. The van der Waals surface area contributed by atoms with Crippen LogP contribution in [0.15, 0.2) is 30.7 Å². The number of ether oxygens (including phenoxy) is 1. The van der Waals surface area contributed by atoms with Gasteiger partial charge in [-0.2, -0.15) is 13.5 Å². The molecule has 3 unspecified atom stereocenters. The van der Waals surface area contributed by atoms with Gasteiger partial charge in [0.25, 0.3) is 16.5 Å². The second-order valence-corrected chi connectivity index (χ2v) is 8.89. The maximum Gasteiger partial charge on any atom is 0.282 e. The van der Waals surface area contributed by atoms with Gasteiger partial charge in [-0.3, -0.25) is 5.32 Å². The molecule has 1 N–H and O–H groups in total. The first-order valence-electron chi connectivity index (χ1n) is 9.32. The van der Waals surface area contributed by atoms with Crippen molar-refractivity contribution in [1.29, 1.82) is 0 Å². The Labute approximate surface area is 176 Å². The first kappa shape index (κ1) is 21.6. The van der Waals surface area contributed by atoms with Crippen LogP contribution in [0.1, 0.15) is 37.8 Å². The van der Waals surface area contributed by atoms with Crippen LogP contribution in [0.3, 0.4) is 0 Å². The molecule has 31 heavy (non-hydrogen) atoms. The van der Waals surface area contributed by atoms with Gasteiger partial charge in [0.1, 0.15) is 23.8 Å². The molecule has 4 heterocycles. The van der Waals surface area contributed by atoms with E-state index in [9.17, 15) is 17.2 Å². The summed E-state index contributed by atoms with van der Waals surface area (Å²) in [6.07, 6.45) is -0.398. The first-order chi connectivity index (χ1) is 14.6. The molecule has 1 saturated heterocycles. The molecule has 3 aromatic rings. The van der Waals surface area contributed by atoms with Crippen molar-refractivity contribution in [2.45, 2.75) is 38.2 Å². The summed E-state index contributed by atoms with van der Waals surface area (Å²) < 4.78 is 62.8. The molecular weight excluding hydrogens is 434 g/mol. The topological polar surface area (TPSA) is 121 Å². The SMILES string of the molecule is CC1OC(c2cc(-c3c(C(F)F)nc4cccnn34)ncn2)CNC1(C)OS(C)(=O)=O. The average molecular weight is 454 g/mol. The van der Waals surface area contributed by atoms with E-state index in [2.05, 4.69) is 25.4 Å². The zero-order valence-electron chi connectivity index (χ0n) is 16.9. The molecule has 0 aliphatic carbocycles. The largest absolute Gasteiger partial charge is 0.363 e. The van der Waals surface area contributed by atoms with Crippen LogP contribution in [0.5, 0.6) is 0 Å². The second-order valence-electron chi connectivity index (χ2n) is 7.31. The van der Waals surface area contributed by atoms with E-state index < -0.39 is 40.2 Å². The summed E-state index contributed by atoms with van der Waals surface area (Å²) in [6.45, 7) is 3.41. The fourth-order valence-electron chi connectivity index (χ4n) is 3.42. The summed E-state index contributed by atoms with van der Waals surface area (Å²) in [4.78, 5) is 12.3. The van der Waals surface area contributed by atoms with E-state index >= 15 is 0 Å². The molecule has 3 atom stereocenters. The van der Waals surface area contributed by atoms with Crippen molar-refractivity contribution in [2.75, 3.05) is 12.8 Å². The number of hydrogen-bond acceptors (Lipinski definition) is 9. The minimum Gasteiger partial charge on any atom is -0.363 e. The number of rotatable bonds is 5. The molecule has 1 aliphatic heterocycles. The Morgan fingerprint density at radius 3 is 2.84 bits per heavy atom. The first-order valence-corrected chi connectivity index (χ1v) is 11.1. The van der Waals surface area contributed by atoms with E-state index in [1.165, 1.54) is 23.1 Å². The lowest BCUT2D eigenvalue weighted by Crippen LogP contribution is -2.60. The van der Waals surface area contributed by atoms with Crippen molar-refractivity contribution in [2.24, 2.45) is 0 Å². The predicted octanol–water partition coefficient (Wildman–Crippen LogP) is 1.87. The summed E-state index contributed by atoms with van der Waals surface area (Å²) in [5.74, 6) is 0. The third kappa shape index (κ3) is 4.26. The number of fused-ring (bicyclic) bond motifs is 1. The Balaban J connectivity index is 1.67. The van der Waals surface area contributed by atoms with Gasteiger partial charge in [0.05, 0.1) is 23.7 Å². The van der Waals surface area contributed by atoms with E-state index in [0.717, 1.165) is 6.26 Å². The van der Waals surface area contributed by atoms with Crippen molar-refractivity contribution < 1.29 is 26.1 Å². The lowest BCUT2D eigenvalue weighted by molar-refractivity contribution is -0.156. The van der Waals surface area contributed by atoms with Gasteiger partial charge in [0.15, 0.2) is 11.4 Å². The third-order valence-corrected chi connectivity index (χ3v) is 5.64. The Hall–Kier alpha value is -2.61. The molecule has 0 amide bonds. The van der Waals surface area contributed by atoms with Crippen LogP contribution in [0, 0.1) is 0 Å². The van der Waals surface area contributed by atoms with Crippen molar-refractivity contribution >= 4 is 15.8 Å². The highest BCUT2D eigenvalue weighted by atomic mass is 32.2. The van der Waals surface area contributed by atoms with Crippen molar-refractivity contribution in [3.63, 3.8) is 0 Å². The van der Waals surface area contributed by atoms with Gasteiger partial charge in [-0.25, -0.2) is 32.4 Å². The molecule has 0 radical (unpaired) electrons. The highest BCUT2D eigenvalue weighted by molar-refractivity contribution is 7.86. The molecule has 0 saturated carbocycles. The molecule has 166 valence electrons. The van der Waals surface area contributed by atoms with Crippen LogP contribution in [0.25, 0.3) is 17.0 Å². The molecule has 4 rings (SSSR count). The molecule has 13 heteroatoms. The molecule has 3 aromatic heterocycles. The fraction of sp³-hybridized carbons (Fsp3) is 0.444. The van der Waals surface area contributed by atoms with Gasteiger partial charge < -0.3 is 4.74 Å². The molecule has 0 spiro atoms. The Morgan fingerprint density at radius 1 is 1.39 bits per heavy atom. The number of aromatic nitrogens is 5. The Kier molecular flexibility index (Phi) is 5.45. The van der Waals surface area contributed by atoms with Crippen LogP contribution in [-0.4, -0.2) is 57.6 Å². The smallest absolute Gasteiger partial charge is 0.282 e. The number of nitrogens with zero attached hydrogens (tertiary/aromatic N) is 5. The maximum atomic E-state index is 13.6. The Morgan fingerprint density at radius 2 is 2.16 bits per heavy atom. The number of alkyl halides is 2. The van der Waals surface area contributed by atoms with Crippen molar-refractivity contribution in [1.82, 2.24) is 29.9 Å². The quantitative estimate of drug-likeness (QED) is 0.576. The zero-order valence-corrected chi connectivity index (χ0v) is 17.7. The molecule has 0 bridgehead atoms. The van der Waals surface area contributed by atoms with Crippen molar-refractivity contribution in [3.05, 3.63) is 42.1 Å². The second kappa shape index (κ2) is 7.82. The molecule has 1 aliphatic rings. The van der Waals surface area contributed by atoms with Gasteiger partial charge in [-0.05, 0) is 32.0 Å². The van der Waals surface area contributed by atoms with Gasteiger partial charge in [0, 0.05) is 12.7 Å². The van der Waals surface area contributed by atoms with Gasteiger partial charge in [-0.1, -0.05) is 0 Å². The van der Waals surface area contributed by atoms with E-state index in [4.69, 9.17) is 8.92 Å². The standard InChI is InChI=1S/C18H20F2N6O4S/c1-10-18(2,30-31(3,27)28)23-8-13(29-10)11-7-12(22-9-21-11)16-15(17(19)20)25-14-5-4-6-24-26(14)16/h4-7,9-10,13,17,23H,8H2,1-3H3. The van der Waals surface area contributed by atoms with E-state index in [0.29, 0.717) is 5.69 Å². The minimum atomic E-state index is -3.72. The lowest BCUT2D eigenvalue weighted by atomic mass is 10.1. The van der Waals surface area contributed by atoms with Crippen LogP contribution in [0.2, 0.25) is 0 Å².